The summed E-state index contributed by atoms with van der Waals surface area (Å²) in [6.07, 6.45) is 3.14. The highest BCUT2D eigenvalue weighted by Crippen LogP contribution is 2.17. The lowest BCUT2D eigenvalue weighted by molar-refractivity contribution is -0.126. The van der Waals surface area contributed by atoms with Gasteiger partial charge in [0.15, 0.2) is 0 Å². The van der Waals surface area contributed by atoms with Crippen LogP contribution in [0.25, 0.3) is 6.08 Å². The van der Waals surface area contributed by atoms with Crippen molar-refractivity contribution in [1.82, 2.24) is 4.90 Å². The van der Waals surface area contributed by atoms with Crippen LogP contribution in [0.3, 0.4) is 0 Å². The average Bonchev–Trinajstić information content (AvgIpc) is 2.37. The molecule has 18 heavy (non-hydrogen) atoms. The molecule has 2 N–H and O–H groups in total. The maximum absolute atomic E-state index is 11.8. The van der Waals surface area contributed by atoms with Gasteiger partial charge in [0.1, 0.15) is 0 Å². The SMILES string of the molecule is O=C(/C=C/c1ccccc1Br)N(CCO)CCO. The number of carbonyl (C=O) groups is 1. The summed E-state index contributed by atoms with van der Waals surface area (Å²) >= 11 is 3.39. The molecule has 0 bridgehead atoms. The van der Waals surface area contributed by atoms with E-state index in [9.17, 15) is 4.79 Å². The summed E-state index contributed by atoms with van der Waals surface area (Å²) < 4.78 is 0.907. The monoisotopic (exact) mass is 313 g/mol. The normalized spacial score (nSPS) is 10.8. The lowest BCUT2D eigenvalue weighted by Gasteiger charge is -2.18. The van der Waals surface area contributed by atoms with Gasteiger partial charge < -0.3 is 15.1 Å². The Balaban J connectivity index is 2.70. The smallest absolute Gasteiger partial charge is 0.246 e. The van der Waals surface area contributed by atoms with Crippen LogP contribution in [0.4, 0.5) is 0 Å². The van der Waals surface area contributed by atoms with E-state index in [2.05, 4.69) is 15.9 Å². The van der Waals surface area contributed by atoms with Gasteiger partial charge in [-0.15, -0.1) is 0 Å². The summed E-state index contributed by atoms with van der Waals surface area (Å²) in [5.74, 6) is -0.228. The van der Waals surface area contributed by atoms with Crippen molar-refractivity contribution in [1.29, 1.82) is 0 Å². The van der Waals surface area contributed by atoms with E-state index >= 15 is 0 Å². The number of benzene rings is 1. The van der Waals surface area contributed by atoms with Gasteiger partial charge in [0.2, 0.25) is 5.91 Å². The number of carbonyl (C=O) groups excluding carboxylic acids is 1. The fraction of sp³-hybridized carbons (Fsp3) is 0.308. The fourth-order valence-corrected chi connectivity index (χ4v) is 1.87. The van der Waals surface area contributed by atoms with Crippen molar-refractivity contribution in [2.24, 2.45) is 0 Å². The number of aliphatic hydroxyl groups is 2. The summed E-state index contributed by atoms with van der Waals surface area (Å²) in [6.45, 7) is 0.211. The zero-order valence-electron chi connectivity index (χ0n) is 9.92. The van der Waals surface area contributed by atoms with Gasteiger partial charge in [-0.2, -0.15) is 0 Å². The summed E-state index contributed by atoms with van der Waals surface area (Å²) in [5, 5.41) is 17.7. The maximum Gasteiger partial charge on any atom is 0.246 e. The number of hydrogen-bond acceptors (Lipinski definition) is 3. The third-order valence-electron chi connectivity index (χ3n) is 2.36. The van der Waals surface area contributed by atoms with Gasteiger partial charge in [0, 0.05) is 23.6 Å². The van der Waals surface area contributed by atoms with Gasteiger partial charge in [-0.1, -0.05) is 34.1 Å². The van der Waals surface area contributed by atoms with Gasteiger partial charge in [-0.05, 0) is 17.7 Å². The van der Waals surface area contributed by atoms with Crippen LogP contribution in [0.15, 0.2) is 34.8 Å². The van der Waals surface area contributed by atoms with Crippen molar-refractivity contribution in [2.75, 3.05) is 26.3 Å². The molecular weight excluding hydrogens is 298 g/mol. The first kappa shape index (κ1) is 14.9. The maximum atomic E-state index is 11.8. The Kier molecular flexibility index (Phi) is 6.64. The third-order valence-corrected chi connectivity index (χ3v) is 3.08. The summed E-state index contributed by atoms with van der Waals surface area (Å²) in [4.78, 5) is 13.2. The second-order valence-corrected chi connectivity index (χ2v) is 4.48. The molecule has 0 spiro atoms. The van der Waals surface area contributed by atoms with E-state index in [1.807, 2.05) is 24.3 Å². The van der Waals surface area contributed by atoms with E-state index in [4.69, 9.17) is 10.2 Å². The molecule has 0 saturated carbocycles. The third kappa shape index (κ3) is 4.60. The molecule has 0 aromatic heterocycles. The molecule has 0 radical (unpaired) electrons. The van der Waals surface area contributed by atoms with Gasteiger partial charge >= 0.3 is 0 Å². The van der Waals surface area contributed by atoms with E-state index < -0.39 is 0 Å². The first-order valence-electron chi connectivity index (χ1n) is 5.62. The van der Waals surface area contributed by atoms with Crippen molar-refractivity contribution in [3.63, 3.8) is 0 Å². The van der Waals surface area contributed by atoms with Crippen LogP contribution in [0.5, 0.6) is 0 Å². The van der Waals surface area contributed by atoms with Gasteiger partial charge in [-0.3, -0.25) is 4.79 Å². The molecule has 0 aliphatic rings. The molecule has 5 heteroatoms. The van der Waals surface area contributed by atoms with Crippen LogP contribution in [-0.4, -0.2) is 47.3 Å². The molecule has 1 amide bonds. The molecule has 0 unspecified atom stereocenters. The molecule has 0 aliphatic heterocycles. The van der Waals surface area contributed by atoms with Crippen LogP contribution in [0.2, 0.25) is 0 Å². The van der Waals surface area contributed by atoms with Gasteiger partial charge in [-0.25, -0.2) is 0 Å². The number of nitrogens with zero attached hydrogens (tertiary/aromatic N) is 1. The highest BCUT2D eigenvalue weighted by Gasteiger charge is 2.08. The molecule has 0 atom stereocenters. The number of aliphatic hydroxyl groups excluding tert-OH is 2. The highest BCUT2D eigenvalue weighted by molar-refractivity contribution is 9.10. The van der Waals surface area contributed by atoms with E-state index in [0.717, 1.165) is 10.0 Å². The van der Waals surface area contributed by atoms with Crippen molar-refractivity contribution >= 4 is 27.9 Å². The Morgan fingerprint density at radius 1 is 1.22 bits per heavy atom. The minimum Gasteiger partial charge on any atom is -0.395 e. The molecule has 1 aromatic carbocycles. The molecule has 4 nitrogen and oxygen atoms in total. The quantitative estimate of drug-likeness (QED) is 0.778. The lowest BCUT2D eigenvalue weighted by atomic mass is 10.2. The van der Waals surface area contributed by atoms with Crippen LogP contribution in [-0.2, 0) is 4.79 Å². The van der Waals surface area contributed by atoms with Crippen molar-refractivity contribution < 1.29 is 15.0 Å². The number of rotatable bonds is 6. The first-order valence-corrected chi connectivity index (χ1v) is 6.41. The lowest BCUT2D eigenvalue weighted by Crippen LogP contribution is -2.34. The molecule has 1 rings (SSSR count). The van der Waals surface area contributed by atoms with Crippen LogP contribution >= 0.6 is 15.9 Å². The highest BCUT2D eigenvalue weighted by atomic mass is 79.9. The largest absolute Gasteiger partial charge is 0.395 e. The molecule has 0 heterocycles. The minimum atomic E-state index is -0.228. The number of halogens is 1. The van der Waals surface area contributed by atoms with Crippen LogP contribution < -0.4 is 0 Å². The van der Waals surface area contributed by atoms with Crippen molar-refractivity contribution in [3.8, 4) is 0 Å². The Morgan fingerprint density at radius 2 is 1.83 bits per heavy atom. The van der Waals surface area contributed by atoms with E-state index in [1.165, 1.54) is 11.0 Å². The Hall–Kier alpha value is -1.17. The zero-order valence-corrected chi connectivity index (χ0v) is 11.5. The summed E-state index contributed by atoms with van der Waals surface area (Å²) in [5.41, 5.74) is 0.902. The Morgan fingerprint density at radius 3 is 2.39 bits per heavy atom. The zero-order chi connectivity index (χ0) is 13.4. The minimum absolute atomic E-state index is 0.116. The predicted octanol–water partition coefficient (Wildman–Crippen LogP) is 1.28. The van der Waals surface area contributed by atoms with Crippen LogP contribution in [0.1, 0.15) is 5.56 Å². The second kappa shape index (κ2) is 8.02. The van der Waals surface area contributed by atoms with Crippen LogP contribution in [0, 0.1) is 0 Å². The van der Waals surface area contributed by atoms with E-state index in [0.29, 0.717) is 0 Å². The fourth-order valence-electron chi connectivity index (χ4n) is 1.45. The second-order valence-electron chi connectivity index (χ2n) is 3.63. The molecule has 0 fully saturated rings. The topological polar surface area (TPSA) is 60.8 Å². The number of hydrogen-bond donors (Lipinski definition) is 2. The first-order chi connectivity index (χ1) is 8.69. The van der Waals surface area contributed by atoms with Gasteiger partial charge in [0.25, 0.3) is 0 Å². The molecule has 98 valence electrons. The molecule has 0 saturated heterocycles. The number of amides is 1. The standard InChI is InChI=1S/C13H16BrNO3/c14-12-4-2-1-3-11(12)5-6-13(18)15(7-9-16)8-10-17/h1-6,16-17H,7-10H2/b6-5+. The van der Waals surface area contributed by atoms with Crippen molar-refractivity contribution in [2.45, 2.75) is 0 Å². The summed E-state index contributed by atoms with van der Waals surface area (Å²) in [6, 6.07) is 7.56. The molecule has 1 aromatic rings. The predicted molar refractivity (Wildman–Crippen MR) is 73.9 cm³/mol. The summed E-state index contributed by atoms with van der Waals surface area (Å²) in [7, 11) is 0. The Labute approximate surface area is 115 Å². The Bertz CT molecular complexity index is 414. The van der Waals surface area contributed by atoms with Gasteiger partial charge in [0.05, 0.1) is 13.2 Å². The molecular formula is C13H16BrNO3. The van der Waals surface area contributed by atoms with Crippen molar-refractivity contribution in [3.05, 3.63) is 40.4 Å². The van der Waals surface area contributed by atoms with E-state index in [-0.39, 0.29) is 32.2 Å². The van der Waals surface area contributed by atoms with E-state index in [1.54, 1.807) is 6.08 Å². The average molecular weight is 314 g/mol. The molecule has 0 aliphatic carbocycles.